The van der Waals surface area contributed by atoms with Crippen molar-refractivity contribution in [2.75, 3.05) is 5.73 Å². The quantitative estimate of drug-likeness (QED) is 0.401. The Kier molecular flexibility index (Phi) is 2.14. The van der Waals surface area contributed by atoms with Crippen LogP contribution >= 0.6 is 0 Å². The normalized spacial score (nSPS) is 9.54. The Morgan fingerprint density at radius 3 is 2.54 bits per heavy atom. The first kappa shape index (κ1) is 8.98. The highest BCUT2D eigenvalue weighted by atomic mass is 16.6. The minimum absolute atomic E-state index is 0.0666. The average molecular weight is 182 g/mol. The van der Waals surface area contributed by atoms with Gasteiger partial charge in [0.15, 0.2) is 0 Å². The van der Waals surface area contributed by atoms with Gasteiger partial charge in [0.05, 0.1) is 10.5 Å². The van der Waals surface area contributed by atoms with Crippen molar-refractivity contribution in [3.63, 3.8) is 0 Å². The number of rotatable bonds is 2. The Bertz CT molecular complexity index is 375. The van der Waals surface area contributed by atoms with E-state index in [0.717, 1.165) is 18.2 Å². The van der Waals surface area contributed by atoms with E-state index in [2.05, 4.69) is 0 Å². The highest BCUT2D eigenvalue weighted by Crippen LogP contribution is 2.21. The predicted octanol–water partition coefficient (Wildman–Crippen LogP) is 0.875. The zero-order chi connectivity index (χ0) is 10.0. The van der Waals surface area contributed by atoms with Crippen LogP contribution in [0.1, 0.15) is 10.4 Å². The number of hydrogen-bond donors (Lipinski definition) is 2. The van der Waals surface area contributed by atoms with Crippen molar-refractivity contribution in [3.8, 4) is 0 Å². The molecule has 0 atom stereocenters. The van der Waals surface area contributed by atoms with Gasteiger partial charge in [0.25, 0.3) is 5.69 Å². The minimum atomic E-state index is -1.17. The second-order valence-electron chi connectivity index (χ2n) is 2.34. The van der Waals surface area contributed by atoms with E-state index in [1.165, 1.54) is 0 Å². The lowest BCUT2D eigenvalue weighted by Gasteiger charge is -1.97. The molecule has 6 heteroatoms. The van der Waals surface area contributed by atoms with Crippen LogP contribution in [-0.2, 0) is 0 Å². The van der Waals surface area contributed by atoms with Crippen molar-refractivity contribution >= 4 is 17.3 Å². The molecule has 0 heterocycles. The van der Waals surface area contributed by atoms with Crippen LogP contribution in [0.25, 0.3) is 0 Å². The summed E-state index contributed by atoms with van der Waals surface area (Å²) in [7, 11) is 0. The molecule has 6 nitrogen and oxygen atoms in total. The van der Waals surface area contributed by atoms with Gasteiger partial charge < -0.3 is 10.8 Å². The number of hydrogen-bond acceptors (Lipinski definition) is 4. The molecule has 0 aliphatic heterocycles. The predicted molar refractivity (Wildman–Crippen MR) is 44.5 cm³/mol. The summed E-state index contributed by atoms with van der Waals surface area (Å²) in [4.78, 5) is 20.0. The molecule has 0 aliphatic carbocycles. The molecule has 0 saturated carbocycles. The number of nitrogen functional groups attached to an aromatic ring is 1. The fraction of sp³-hybridized carbons (Fsp3) is 0. The third-order valence-corrected chi connectivity index (χ3v) is 1.47. The van der Waals surface area contributed by atoms with Crippen LogP contribution in [0.2, 0.25) is 0 Å². The van der Waals surface area contributed by atoms with E-state index in [0.29, 0.717) is 0 Å². The highest BCUT2D eigenvalue weighted by Gasteiger charge is 2.13. The Morgan fingerprint density at radius 1 is 1.54 bits per heavy atom. The number of nitro benzene ring substituents is 1. The molecule has 13 heavy (non-hydrogen) atoms. The largest absolute Gasteiger partial charge is 0.478 e. The third-order valence-electron chi connectivity index (χ3n) is 1.47. The fourth-order valence-electron chi connectivity index (χ4n) is 0.854. The van der Waals surface area contributed by atoms with Gasteiger partial charge in [-0.05, 0) is 12.1 Å². The number of benzene rings is 1. The smallest absolute Gasteiger partial charge is 0.335 e. The van der Waals surface area contributed by atoms with Gasteiger partial charge in [-0.2, -0.15) is 0 Å². The molecule has 1 aromatic carbocycles. The van der Waals surface area contributed by atoms with E-state index in [1.807, 2.05) is 0 Å². The Labute approximate surface area is 72.7 Å². The molecule has 0 bridgehead atoms. The summed E-state index contributed by atoms with van der Waals surface area (Å²) in [5.41, 5.74) is 4.75. The van der Waals surface area contributed by atoms with Crippen LogP contribution in [0.5, 0.6) is 0 Å². The van der Waals surface area contributed by atoms with Gasteiger partial charge in [0, 0.05) is 6.07 Å². The molecule has 0 amide bonds. The third kappa shape index (κ3) is 1.73. The average Bonchev–Trinajstić information content (AvgIpc) is 2.03. The summed E-state index contributed by atoms with van der Waals surface area (Å²) in [6.07, 6.45) is 0. The molecule has 0 unspecified atom stereocenters. The van der Waals surface area contributed by atoms with Crippen LogP contribution in [-0.4, -0.2) is 16.0 Å². The van der Waals surface area contributed by atoms with E-state index in [9.17, 15) is 14.9 Å². The van der Waals surface area contributed by atoms with Crippen molar-refractivity contribution in [3.05, 3.63) is 33.9 Å². The monoisotopic (exact) mass is 182 g/mol. The number of carboxylic acid groups (broad SMARTS) is 1. The van der Waals surface area contributed by atoms with Crippen molar-refractivity contribution in [1.82, 2.24) is 0 Å². The standard InChI is InChI=1S/C7H6N2O4/c8-5-3-4(7(10)11)1-2-6(5)9(12)13/h1-3H,8H2,(H,10,11). The lowest BCUT2D eigenvalue weighted by molar-refractivity contribution is -0.383. The molecule has 0 radical (unpaired) electrons. The maximum atomic E-state index is 10.4. The zero-order valence-corrected chi connectivity index (χ0v) is 6.43. The molecule has 0 spiro atoms. The topological polar surface area (TPSA) is 106 Å². The summed E-state index contributed by atoms with van der Waals surface area (Å²) in [5.74, 6) is -1.17. The Balaban J connectivity index is 3.20. The number of carbonyl (C=O) groups is 1. The van der Waals surface area contributed by atoms with E-state index >= 15 is 0 Å². The van der Waals surface area contributed by atoms with E-state index in [-0.39, 0.29) is 16.9 Å². The molecule has 1 aromatic rings. The van der Waals surface area contributed by atoms with Gasteiger partial charge in [0.1, 0.15) is 5.69 Å². The second kappa shape index (κ2) is 3.10. The van der Waals surface area contributed by atoms with Gasteiger partial charge in [-0.3, -0.25) is 10.1 Å². The van der Waals surface area contributed by atoms with Crippen LogP contribution < -0.4 is 5.73 Å². The number of nitrogens with zero attached hydrogens (tertiary/aromatic N) is 1. The molecule has 0 aromatic heterocycles. The Hall–Kier alpha value is -2.11. The van der Waals surface area contributed by atoms with Gasteiger partial charge in [-0.15, -0.1) is 0 Å². The number of aromatic carboxylic acids is 1. The van der Waals surface area contributed by atoms with Crippen molar-refractivity contribution in [2.45, 2.75) is 0 Å². The molecule has 0 saturated heterocycles. The van der Waals surface area contributed by atoms with Crippen LogP contribution in [0.3, 0.4) is 0 Å². The summed E-state index contributed by atoms with van der Waals surface area (Å²) < 4.78 is 0. The van der Waals surface area contributed by atoms with Crippen LogP contribution in [0.15, 0.2) is 18.2 Å². The van der Waals surface area contributed by atoms with Gasteiger partial charge in [-0.1, -0.05) is 0 Å². The van der Waals surface area contributed by atoms with E-state index in [1.54, 1.807) is 0 Å². The molecule has 0 fully saturated rings. The molecule has 3 N–H and O–H groups in total. The van der Waals surface area contributed by atoms with Crippen molar-refractivity contribution in [2.24, 2.45) is 0 Å². The number of nitro groups is 1. The first-order chi connectivity index (χ1) is 6.02. The second-order valence-corrected chi connectivity index (χ2v) is 2.34. The molecular formula is C7H6N2O4. The summed E-state index contributed by atoms with van der Waals surface area (Å²) >= 11 is 0. The lowest BCUT2D eigenvalue weighted by Crippen LogP contribution is -2.00. The van der Waals surface area contributed by atoms with Gasteiger partial charge in [-0.25, -0.2) is 4.79 Å². The van der Waals surface area contributed by atoms with Crippen LogP contribution in [0, 0.1) is 10.1 Å². The summed E-state index contributed by atoms with van der Waals surface area (Å²) in [6.45, 7) is 0. The fourth-order valence-corrected chi connectivity index (χ4v) is 0.854. The molecular weight excluding hydrogens is 176 g/mol. The summed E-state index contributed by atoms with van der Waals surface area (Å²) in [5, 5.41) is 18.8. The zero-order valence-electron chi connectivity index (χ0n) is 6.43. The molecule has 1 rings (SSSR count). The Morgan fingerprint density at radius 2 is 2.15 bits per heavy atom. The lowest BCUT2D eigenvalue weighted by atomic mass is 10.2. The first-order valence-electron chi connectivity index (χ1n) is 3.29. The van der Waals surface area contributed by atoms with Crippen LogP contribution in [0.4, 0.5) is 11.4 Å². The minimum Gasteiger partial charge on any atom is -0.478 e. The molecule has 0 aliphatic rings. The maximum Gasteiger partial charge on any atom is 0.335 e. The number of nitrogens with two attached hydrogens (primary N) is 1. The first-order valence-corrected chi connectivity index (χ1v) is 3.29. The van der Waals surface area contributed by atoms with E-state index in [4.69, 9.17) is 10.8 Å². The van der Waals surface area contributed by atoms with Crippen molar-refractivity contribution < 1.29 is 14.8 Å². The maximum absolute atomic E-state index is 10.4. The molecule has 68 valence electrons. The van der Waals surface area contributed by atoms with Gasteiger partial charge >= 0.3 is 5.97 Å². The number of anilines is 1. The highest BCUT2D eigenvalue weighted by molar-refractivity contribution is 5.89. The van der Waals surface area contributed by atoms with Gasteiger partial charge in [0.2, 0.25) is 0 Å². The summed E-state index contributed by atoms with van der Waals surface area (Å²) in [6, 6.07) is 3.26. The number of carboxylic acids is 1. The SMILES string of the molecule is Nc1cc(C(=O)O)ccc1[N+](=O)[O-]. The van der Waals surface area contributed by atoms with E-state index < -0.39 is 10.9 Å². The van der Waals surface area contributed by atoms with Crippen molar-refractivity contribution in [1.29, 1.82) is 0 Å².